The lowest BCUT2D eigenvalue weighted by molar-refractivity contribution is -0.166. The van der Waals surface area contributed by atoms with Crippen LogP contribution in [-0.4, -0.2) is 21.6 Å². The maximum absolute atomic E-state index is 12.5. The molecule has 0 spiro atoms. The number of halogens is 2. The molecule has 0 aliphatic carbocycles. The Hall–Kier alpha value is -1.24. The molecule has 0 saturated carbocycles. The number of aliphatic carboxylic acids is 1. The van der Waals surface area contributed by atoms with Crippen LogP contribution in [0, 0.1) is 0 Å². The molecule has 1 heterocycles. The molecule has 72 valence electrons. The summed E-state index contributed by atoms with van der Waals surface area (Å²) < 4.78 is 25.7. The van der Waals surface area contributed by atoms with Crippen molar-refractivity contribution in [2.45, 2.75) is 12.5 Å². The number of hydrogen-bond donors (Lipinski definition) is 1. The van der Waals surface area contributed by atoms with Gasteiger partial charge in [-0.25, -0.2) is 4.79 Å². The second-order valence-corrected chi connectivity index (χ2v) is 3.16. The van der Waals surface area contributed by atoms with Gasteiger partial charge in [-0.15, -0.1) is 0 Å². The third kappa shape index (κ3) is 2.11. The average Bonchev–Trinajstić information content (AvgIpc) is 2.35. The Morgan fingerprint density at radius 2 is 2.31 bits per heavy atom. The average molecular weight is 209 g/mol. The van der Waals surface area contributed by atoms with E-state index < -0.39 is 23.3 Å². The van der Waals surface area contributed by atoms with E-state index >= 15 is 0 Å². The predicted octanol–water partition coefficient (Wildman–Crippen LogP) is 0.630. The Morgan fingerprint density at radius 1 is 1.69 bits per heavy atom. The van der Waals surface area contributed by atoms with E-state index in [1.54, 1.807) is 0 Å². The highest BCUT2D eigenvalue weighted by Crippen LogP contribution is 2.15. The smallest absolute Gasteiger partial charge is 0.376 e. The van der Waals surface area contributed by atoms with Crippen LogP contribution in [0.25, 0.3) is 0 Å². The van der Waals surface area contributed by atoms with Crippen LogP contribution in [-0.2, 0) is 11.3 Å². The fourth-order valence-corrected chi connectivity index (χ4v) is 1.27. The van der Waals surface area contributed by atoms with Crippen molar-refractivity contribution in [2.24, 2.45) is 0 Å². The molecule has 1 rings (SSSR count). The Bertz CT molecular complexity index is 370. The van der Waals surface area contributed by atoms with E-state index in [-0.39, 0.29) is 0 Å². The first-order valence-corrected chi connectivity index (χ1v) is 4.06. The summed E-state index contributed by atoms with van der Waals surface area (Å²) in [7, 11) is 0. The number of thiazole rings is 1. The minimum Gasteiger partial charge on any atom is -0.477 e. The van der Waals surface area contributed by atoms with Crippen molar-refractivity contribution in [1.82, 2.24) is 4.57 Å². The minimum atomic E-state index is -3.90. The lowest BCUT2D eigenvalue weighted by Crippen LogP contribution is -2.35. The van der Waals surface area contributed by atoms with Gasteiger partial charge in [0.15, 0.2) is 0 Å². The van der Waals surface area contributed by atoms with Crippen molar-refractivity contribution in [3.63, 3.8) is 0 Å². The van der Waals surface area contributed by atoms with E-state index in [9.17, 15) is 18.4 Å². The van der Waals surface area contributed by atoms with E-state index in [0.717, 1.165) is 17.5 Å². The molecule has 0 atom stereocenters. The molecule has 0 aliphatic rings. The Morgan fingerprint density at radius 3 is 2.69 bits per heavy atom. The minimum absolute atomic E-state index is 0.596. The zero-order valence-electron chi connectivity index (χ0n) is 6.24. The summed E-state index contributed by atoms with van der Waals surface area (Å²) in [5.74, 6) is -6.13. The lowest BCUT2D eigenvalue weighted by Gasteiger charge is -2.10. The molecule has 7 heteroatoms. The van der Waals surface area contributed by atoms with Gasteiger partial charge in [-0.05, 0) is 0 Å². The van der Waals surface area contributed by atoms with Gasteiger partial charge in [0.1, 0.15) is 6.54 Å². The Balaban J connectivity index is 2.87. The molecule has 1 aromatic heterocycles. The molecule has 1 N–H and O–H groups in total. The van der Waals surface area contributed by atoms with E-state index in [1.165, 1.54) is 5.38 Å². The summed E-state index contributed by atoms with van der Waals surface area (Å²) in [5, 5.41) is 9.39. The van der Waals surface area contributed by atoms with Crippen molar-refractivity contribution in [3.8, 4) is 0 Å². The molecule has 4 nitrogen and oxygen atoms in total. The number of alkyl halides is 2. The Kier molecular flexibility index (Phi) is 2.46. The molecule has 0 saturated heterocycles. The number of hydrogen-bond acceptors (Lipinski definition) is 3. The van der Waals surface area contributed by atoms with Crippen LogP contribution in [0.15, 0.2) is 16.4 Å². The second kappa shape index (κ2) is 3.25. The Labute approximate surface area is 75.0 Å². The van der Waals surface area contributed by atoms with Gasteiger partial charge in [0.05, 0.1) is 0 Å². The highest BCUT2D eigenvalue weighted by molar-refractivity contribution is 7.07. The van der Waals surface area contributed by atoms with E-state index in [1.807, 2.05) is 0 Å². The second-order valence-electron chi connectivity index (χ2n) is 2.31. The summed E-state index contributed by atoms with van der Waals surface area (Å²) in [5.41, 5.74) is 0. The molecule has 0 radical (unpaired) electrons. The van der Waals surface area contributed by atoms with Crippen LogP contribution >= 0.6 is 11.3 Å². The zero-order chi connectivity index (χ0) is 10.1. The van der Waals surface area contributed by atoms with Crippen molar-refractivity contribution >= 4 is 17.3 Å². The third-order valence-corrected chi connectivity index (χ3v) is 2.02. The number of carbonyl (C=O) groups is 1. The molecule has 0 fully saturated rings. The molecule has 0 aromatic carbocycles. The first-order valence-electron chi connectivity index (χ1n) is 3.18. The summed E-state index contributed by atoms with van der Waals surface area (Å²) in [4.78, 5) is 20.2. The van der Waals surface area contributed by atoms with Gasteiger partial charge in [0.25, 0.3) is 0 Å². The maximum atomic E-state index is 12.5. The third-order valence-electron chi connectivity index (χ3n) is 1.33. The zero-order valence-corrected chi connectivity index (χ0v) is 7.05. The van der Waals surface area contributed by atoms with Gasteiger partial charge in [-0.2, -0.15) is 8.78 Å². The number of nitrogens with zero attached hydrogens (tertiary/aromatic N) is 1. The van der Waals surface area contributed by atoms with Gasteiger partial charge in [-0.3, -0.25) is 9.36 Å². The van der Waals surface area contributed by atoms with Crippen molar-refractivity contribution in [2.75, 3.05) is 0 Å². The normalized spacial score (nSPS) is 11.5. The van der Waals surface area contributed by atoms with E-state index in [0.29, 0.717) is 4.57 Å². The van der Waals surface area contributed by atoms with Crippen molar-refractivity contribution in [1.29, 1.82) is 0 Å². The predicted molar refractivity (Wildman–Crippen MR) is 41.2 cm³/mol. The van der Waals surface area contributed by atoms with E-state index in [2.05, 4.69) is 0 Å². The molecule has 0 bridgehead atoms. The molecule has 0 aliphatic heterocycles. The van der Waals surface area contributed by atoms with E-state index in [4.69, 9.17) is 5.11 Å². The first-order chi connectivity index (χ1) is 5.93. The van der Waals surface area contributed by atoms with Gasteiger partial charge < -0.3 is 5.11 Å². The van der Waals surface area contributed by atoms with Crippen LogP contribution in [0.2, 0.25) is 0 Å². The largest absolute Gasteiger partial charge is 0.477 e. The highest BCUT2D eigenvalue weighted by atomic mass is 32.1. The lowest BCUT2D eigenvalue weighted by atomic mass is 10.3. The summed E-state index contributed by atoms with van der Waals surface area (Å²) in [6, 6.07) is 0. The number of carboxylic acid groups (broad SMARTS) is 1. The fourth-order valence-electron chi connectivity index (χ4n) is 0.689. The van der Waals surface area contributed by atoms with Crippen LogP contribution < -0.4 is 4.87 Å². The molecular formula is C6H5F2NO3S. The molecular weight excluding hydrogens is 204 g/mol. The van der Waals surface area contributed by atoms with Crippen molar-refractivity contribution in [3.05, 3.63) is 21.2 Å². The van der Waals surface area contributed by atoms with Crippen molar-refractivity contribution < 1.29 is 18.7 Å². The van der Waals surface area contributed by atoms with Gasteiger partial charge in [-0.1, -0.05) is 11.3 Å². The quantitative estimate of drug-likeness (QED) is 0.794. The highest BCUT2D eigenvalue weighted by Gasteiger charge is 2.39. The maximum Gasteiger partial charge on any atom is 0.376 e. The molecule has 1 aromatic rings. The molecule has 0 amide bonds. The number of rotatable bonds is 3. The summed E-state index contributed by atoms with van der Waals surface area (Å²) in [6.07, 6.45) is 1.13. The van der Waals surface area contributed by atoms with Gasteiger partial charge in [0.2, 0.25) is 0 Å². The van der Waals surface area contributed by atoms with Crippen LogP contribution in [0.4, 0.5) is 8.78 Å². The number of aromatic nitrogens is 1. The topological polar surface area (TPSA) is 59.3 Å². The van der Waals surface area contributed by atoms with Gasteiger partial charge >= 0.3 is 16.8 Å². The van der Waals surface area contributed by atoms with Gasteiger partial charge in [0, 0.05) is 11.6 Å². The number of carboxylic acids is 1. The van der Waals surface area contributed by atoms with Crippen LogP contribution in [0.3, 0.4) is 0 Å². The monoisotopic (exact) mass is 209 g/mol. The van der Waals surface area contributed by atoms with Crippen LogP contribution in [0.5, 0.6) is 0 Å². The summed E-state index contributed by atoms with van der Waals surface area (Å²) in [6.45, 7) is -1.12. The first kappa shape index (κ1) is 9.85. The fraction of sp³-hybridized carbons (Fsp3) is 0.333. The SMILES string of the molecule is O=C(O)C(F)(F)Cn1ccsc1=O. The summed E-state index contributed by atoms with van der Waals surface area (Å²) >= 11 is 0.738. The standard InChI is InChI=1S/C6H5F2NO3S/c7-6(8,4(10)11)3-9-1-2-13-5(9)12/h1-2H,3H2,(H,10,11). The van der Waals surface area contributed by atoms with Crippen LogP contribution in [0.1, 0.15) is 0 Å². The molecule has 0 unspecified atom stereocenters. The molecule has 13 heavy (non-hydrogen) atoms.